The Morgan fingerprint density at radius 2 is 1.65 bits per heavy atom. The van der Waals surface area contributed by atoms with E-state index in [1.807, 2.05) is 30.1 Å². The molecule has 2 aromatic heterocycles. The van der Waals surface area contributed by atoms with Crippen LogP contribution in [0.2, 0.25) is 0 Å². The Labute approximate surface area is 237 Å². The Balaban J connectivity index is 1.32. The molecule has 0 unspecified atom stereocenters. The van der Waals surface area contributed by atoms with Gasteiger partial charge in [0, 0.05) is 61.7 Å². The molecule has 202 valence electrons. The van der Waals surface area contributed by atoms with E-state index in [1.165, 1.54) is 22.3 Å². The minimum atomic E-state index is 0.873. The Bertz CT molecular complexity index is 1700. The number of likely N-dealkylation sites (N-methyl/N-ethyl adjacent to an activating group) is 1. The lowest BCUT2D eigenvalue weighted by Gasteiger charge is -2.32. The molecule has 0 atom stereocenters. The van der Waals surface area contributed by atoms with Crippen molar-refractivity contribution < 1.29 is 0 Å². The van der Waals surface area contributed by atoms with Crippen LogP contribution in [0.15, 0.2) is 66.9 Å². The van der Waals surface area contributed by atoms with Crippen molar-refractivity contribution in [3.63, 3.8) is 0 Å². The van der Waals surface area contributed by atoms with Crippen LogP contribution in [0.4, 0.5) is 0 Å². The predicted molar refractivity (Wildman–Crippen MR) is 165 cm³/mol. The van der Waals surface area contributed by atoms with Crippen LogP contribution in [-0.2, 0) is 32.9 Å². The smallest absolute Gasteiger partial charge is 0.101 e. The summed E-state index contributed by atoms with van der Waals surface area (Å²) in [5.74, 6) is 2.71. The van der Waals surface area contributed by atoms with Crippen molar-refractivity contribution in [1.82, 2.24) is 24.6 Å². The number of hydrogen-bond donors (Lipinski definition) is 0. The van der Waals surface area contributed by atoms with Gasteiger partial charge in [0.15, 0.2) is 0 Å². The van der Waals surface area contributed by atoms with Crippen molar-refractivity contribution in [2.75, 3.05) is 33.2 Å². The van der Waals surface area contributed by atoms with E-state index in [9.17, 15) is 0 Å². The minimum absolute atomic E-state index is 0.873. The van der Waals surface area contributed by atoms with Gasteiger partial charge < -0.3 is 4.90 Å². The first-order valence-electron chi connectivity index (χ1n) is 14.4. The van der Waals surface area contributed by atoms with Crippen molar-refractivity contribution in [3.05, 3.63) is 94.7 Å². The lowest BCUT2D eigenvalue weighted by Crippen LogP contribution is -2.43. The van der Waals surface area contributed by atoms with Crippen LogP contribution >= 0.6 is 0 Å². The van der Waals surface area contributed by atoms with Crippen LogP contribution < -0.4 is 0 Å². The van der Waals surface area contributed by atoms with Crippen LogP contribution in [-0.4, -0.2) is 57.8 Å². The van der Waals surface area contributed by atoms with Gasteiger partial charge in [0.05, 0.1) is 17.2 Å². The van der Waals surface area contributed by atoms with Gasteiger partial charge in [0.2, 0.25) is 0 Å². The summed E-state index contributed by atoms with van der Waals surface area (Å²) in [6.45, 7) is 7.86. The molecule has 1 aliphatic heterocycles. The molecular formula is C35H37N5. The number of aromatic nitrogens is 3. The summed E-state index contributed by atoms with van der Waals surface area (Å²) in [7, 11) is 4.20. The molecule has 0 aliphatic carbocycles. The molecule has 0 saturated carbocycles. The molecule has 1 fully saturated rings. The molecule has 0 radical (unpaired) electrons. The molecule has 1 saturated heterocycles. The number of nitrogens with zero attached hydrogens (tertiary/aromatic N) is 5. The van der Waals surface area contributed by atoms with Crippen molar-refractivity contribution >= 4 is 21.8 Å². The summed E-state index contributed by atoms with van der Waals surface area (Å²) in [5, 5.41) is 7.23. The van der Waals surface area contributed by atoms with Gasteiger partial charge in [0.25, 0.3) is 0 Å². The molecule has 3 heterocycles. The Morgan fingerprint density at radius 3 is 2.40 bits per heavy atom. The molecule has 0 bridgehead atoms. The third-order valence-corrected chi connectivity index (χ3v) is 8.39. The van der Waals surface area contributed by atoms with Crippen LogP contribution in [0.3, 0.4) is 0 Å². The van der Waals surface area contributed by atoms with E-state index in [4.69, 9.17) is 16.5 Å². The van der Waals surface area contributed by atoms with E-state index in [1.54, 1.807) is 0 Å². The Hall–Kier alpha value is -3.98. The van der Waals surface area contributed by atoms with Gasteiger partial charge in [-0.05, 0) is 72.8 Å². The molecule has 0 amide bonds. The molecule has 40 heavy (non-hydrogen) atoms. The number of piperazine rings is 1. The van der Waals surface area contributed by atoms with E-state index in [2.05, 4.69) is 78.2 Å². The lowest BCUT2D eigenvalue weighted by atomic mass is 9.94. The highest BCUT2D eigenvalue weighted by Crippen LogP contribution is 2.34. The van der Waals surface area contributed by atoms with Gasteiger partial charge in [-0.3, -0.25) is 14.6 Å². The SMILES string of the molecule is C#Cc1ccc(-c2nn(C)c3cnc4cc(CC)c(CCc5cccc(CN6CCN(C)CC6)c5)cc4c23)cc1. The van der Waals surface area contributed by atoms with E-state index in [-0.39, 0.29) is 0 Å². The number of rotatable bonds is 7. The van der Waals surface area contributed by atoms with Crippen molar-refractivity contribution in [3.8, 4) is 23.6 Å². The molecule has 1 aliphatic rings. The first-order valence-corrected chi connectivity index (χ1v) is 14.4. The minimum Gasteiger partial charge on any atom is -0.304 e. The molecule has 6 rings (SSSR count). The fourth-order valence-electron chi connectivity index (χ4n) is 5.98. The number of aryl methyl sites for hydroxylation is 4. The summed E-state index contributed by atoms with van der Waals surface area (Å²) in [4.78, 5) is 9.83. The molecule has 0 spiro atoms. The number of terminal acetylenes is 1. The summed E-state index contributed by atoms with van der Waals surface area (Å²) in [5.41, 5.74) is 10.6. The van der Waals surface area contributed by atoms with Crippen molar-refractivity contribution in [1.29, 1.82) is 0 Å². The Morgan fingerprint density at radius 1 is 0.875 bits per heavy atom. The fraction of sp³-hybridized carbons (Fsp3) is 0.314. The number of hydrogen-bond acceptors (Lipinski definition) is 4. The topological polar surface area (TPSA) is 37.2 Å². The maximum Gasteiger partial charge on any atom is 0.101 e. The molecule has 5 nitrogen and oxygen atoms in total. The van der Waals surface area contributed by atoms with Crippen molar-refractivity contribution in [2.24, 2.45) is 7.05 Å². The third-order valence-electron chi connectivity index (χ3n) is 8.39. The number of fused-ring (bicyclic) bond motifs is 3. The van der Waals surface area contributed by atoms with E-state index in [0.717, 1.165) is 90.6 Å². The number of benzene rings is 3. The first-order chi connectivity index (χ1) is 19.5. The Kier molecular flexibility index (Phi) is 7.38. The van der Waals surface area contributed by atoms with Crippen LogP contribution in [0.5, 0.6) is 0 Å². The molecule has 5 aromatic rings. The standard InChI is InChI=1S/C35H37N5/c1-5-25-10-13-29(14-11-25)35-34-31-21-30(28(6-2)22-32(31)36-23-33(34)39(4)37-35)15-12-26-8-7-9-27(20-26)24-40-18-16-38(3)17-19-40/h1,7-11,13-14,20-23H,6,12,15-19,24H2,2-4H3. The predicted octanol–water partition coefficient (Wildman–Crippen LogP) is 5.86. The highest BCUT2D eigenvalue weighted by molar-refractivity contribution is 6.11. The highest BCUT2D eigenvalue weighted by atomic mass is 15.3. The highest BCUT2D eigenvalue weighted by Gasteiger charge is 2.17. The maximum absolute atomic E-state index is 5.60. The average molecular weight is 528 g/mol. The van der Waals surface area contributed by atoms with Crippen LogP contribution in [0.1, 0.15) is 34.7 Å². The summed E-state index contributed by atoms with van der Waals surface area (Å²) in [6.07, 6.45) is 10.6. The molecule has 3 aromatic carbocycles. The van der Waals surface area contributed by atoms with Crippen molar-refractivity contribution in [2.45, 2.75) is 32.7 Å². The fourth-order valence-corrected chi connectivity index (χ4v) is 5.98. The summed E-state index contributed by atoms with van der Waals surface area (Å²) < 4.78 is 1.94. The second kappa shape index (κ2) is 11.3. The zero-order valence-electron chi connectivity index (χ0n) is 23.8. The van der Waals surface area contributed by atoms with Gasteiger partial charge in [-0.25, -0.2) is 0 Å². The summed E-state index contributed by atoms with van der Waals surface area (Å²) in [6, 6.07) is 21.9. The van der Waals surface area contributed by atoms with E-state index >= 15 is 0 Å². The molecule has 0 N–H and O–H groups in total. The normalized spacial score (nSPS) is 14.7. The monoisotopic (exact) mass is 527 g/mol. The maximum atomic E-state index is 5.60. The van der Waals surface area contributed by atoms with Crippen LogP contribution in [0.25, 0.3) is 33.1 Å². The zero-order chi connectivity index (χ0) is 27.6. The van der Waals surface area contributed by atoms with Gasteiger partial charge >= 0.3 is 0 Å². The van der Waals surface area contributed by atoms with Crippen LogP contribution in [0, 0.1) is 12.3 Å². The summed E-state index contributed by atoms with van der Waals surface area (Å²) >= 11 is 0. The second-order valence-corrected chi connectivity index (χ2v) is 11.1. The second-order valence-electron chi connectivity index (χ2n) is 11.1. The van der Waals surface area contributed by atoms with Gasteiger partial charge in [-0.1, -0.05) is 49.2 Å². The number of pyridine rings is 1. The van der Waals surface area contributed by atoms with Gasteiger partial charge in [0.1, 0.15) is 5.69 Å². The van der Waals surface area contributed by atoms with E-state index < -0.39 is 0 Å². The average Bonchev–Trinajstić information content (AvgIpc) is 3.33. The van der Waals surface area contributed by atoms with Gasteiger partial charge in [-0.2, -0.15) is 5.10 Å². The molecule has 5 heteroatoms. The van der Waals surface area contributed by atoms with Gasteiger partial charge in [-0.15, -0.1) is 6.42 Å². The quantitative estimate of drug-likeness (QED) is 0.248. The lowest BCUT2D eigenvalue weighted by molar-refractivity contribution is 0.148. The molecular weight excluding hydrogens is 490 g/mol. The first kappa shape index (κ1) is 26.3. The van der Waals surface area contributed by atoms with E-state index in [0.29, 0.717) is 0 Å². The third kappa shape index (κ3) is 5.25. The zero-order valence-corrected chi connectivity index (χ0v) is 23.8. The largest absolute Gasteiger partial charge is 0.304 e.